The Morgan fingerprint density at radius 1 is 1.58 bits per heavy atom. The molecule has 4 heteroatoms. The number of hydrogen-bond acceptors (Lipinski definition) is 3. The molecule has 0 saturated heterocycles. The number of rotatable bonds is 3. The van der Waals surface area contributed by atoms with E-state index in [2.05, 4.69) is 27.0 Å². The van der Waals surface area contributed by atoms with Gasteiger partial charge in [0, 0.05) is 6.42 Å². The van der Waals surface area contributed by atoms with Gasteiger partial charge in [-0.1, -0.05) is 24.6 Å². The molecule has 0 fully saturated rings. The molecule has 3 nitrogen and oxygen atoms in total. The maximum Gasteiger partial charge on any atom is 0.209 e. The minimum atomic E-state index is 0.761. The van der Waals surface area contributed by atoms with Gasteiger partial charge in [-0.2, -0.15) is 0 Å². The monoisotopic (exact) mass is 181 g/mol. The Balaban J connectivity index is 2.45. The van der Waals surface area contributed by atoms with E-state index in [9.17, 15) is 0 Å². The SMILES string of the molecule is CC#CCSc1n[nH]c(CC)n1. The third-order valence-electron chi connectivity index (χ3n) is 1.30. The lowest BCUT2D eigenvalue weighted by molar-refractivity contribution is 0.941. The second kappa shape index (κ2) is 4.83. The van der Waals surface area contributed by atoms with Gasteiger partial charge >= 0.3 is 0 Å². The second-order valence-corrected chi connectivity index (χ2v) is 3.08. The summed E-state index contributed by atoms with van der Waals surface area (Å²) in [6.45, 7) is 3.87. The lowest BCUT2D eigenvalue weighted by Crippen LogP contribution is -1.81. The van der Waals surface area contributed by atoms with Crippen molar-refractivity contribution in [3.63, 3.8) is 0 Å². The zero-order valence-electron chi connectivity index (χ0n) is 7.22. The number of hydrogen-bond donors (Lipinski definition) is 1. The van der Waals surface area contributed by atoms with E-state index in [1.54, 1.807) is 11.8 Å². The Hall–Kier alpha value is -0.950. The third-order valence-corrected chi connectivity index (χ3v) is 2.03. The number of nitrogens with one attached hydrogen (secondary N) is 1. The fraction of sp³-hybridized carbons (Fsp3) is 0.500. The van der Waals surface area contributed by atoms with E-state index >= 15 is 0 Å². The van der Waals surface area contributed by atoms with Crippen LogP contribution >= 0.6 is 11.8 Å². The maximum absolute atomic E-state index is 4.23. The van der Waals surface area contributed by atoms with Crippen LogP contribution in [0.1, 0.15) is 19.7 Å². The number of aromatic amines is 1. The van der Waals surface area contributed by atoms with E-state index < -0.39 is 0 Å². The van der Waals surface area contributed by atoms with Crippen molar-refractivity contribution in [2.75, 3.05) is 5.75 Å². The minimum Gasteiger partial charge on any atom is -0.262 e. The molecule has 0 bridgehead atoms. The summed E-state index contributed by atoms with van der Waals surface area (Å²) in [5, 5.41) is 7.66. The summed E-state index contributed by atoms with van der Waals surface area (Å²) in [5.41, 5.74) is 0. The molecule has 0 aromatic carbocycles. The maximum atomic E-state index is 4.23. The van der Waals surface area contributed by atoms with Crippen LogP contribution in [0.15, 0.2) is 5.16 Å². The number of aryl methyl sites for hydroxylation is 1. The lowest BCUT2D eigenvalue weighted by atomic mass is 10.5. The van der Waals surface area contributed by atoms with Gasteiger partial charge in [-0.15, -0.1) is 11.0 Å². The highest BCUT2D eigenvalue weighted by molar-refractivity contribution is 7.99. The minimum absolute atomic E-state index is 0.761. The zero-order chi connectivity index (χ0) is 8.81. The molecule has 0 saturated carbocycles. The smallest absolute Gasteiger partial charge is 0.209 e. The van der Waals surface area contributed by atoms with Gasteiger partial charge in [0.1, 0.15) is 5.82 Å². The van der Waals surface area contributed by atoms with Gasteiger partial charge in [0.05, 0.1) is 5.75 Å². The molecule has 1 heterocycles. The molecule has 1 aromatic heterocycles. The lowest BCUT2D eigenvalue weighted by Gasteiger charge is -1.84. The Bertz CT molecular complexity index is 295. The van der Waals surface area contributed by atoms with E-state index in [0.29, 0.717) is 0 Å². The van der Waals surface area contributed by atoms with E-state index in [1.165, 1.54) is 0 Å². The Morgan fingerprint density at radius 3 is 3.00 bits per heavy atom. The van der Waals surface area contributed by atoms with Crippen LogP contribution < -0.4 is 0 Å². The standard InChI is InChI=1S/C8H11N3S/c1-3-5-6-12-8-9-7(4-2)10-11-8/h4,6H2,1-2H3,(H,9,10,11). The van der Waals surface area contributed by atoms with Crippen LogP contribution in [0.2, 0.25) is 0 Å². The molecule has 1 rings (SSSR count). The van der Waals surface area contributed by atoms with E-state index in [-0.39, 0.29) is 0 Å². The van der Waals surface area contributed by atoms with Crippen molar-refractivity contribution in [3.8, 4) is 11.8 Å². The van der Waals surface area contributed by atoms with Crippen LogP contribution in [-0.4, -0.2) is 20.9 Å². The van der Waals surface area contributed by atoms with Gasteiger partial charge in [0.25, 0.3) is 0 Å². The van der Waals surface area contributed by atoms with Crippen LogP contribution in [0, 0.1) is 11.8 Å². The molecule has 12 heavy (non-hydrogen) atoms. The molecule has 0 atom stereocenters. The topological polar surface area (TPSA) is 41.6 Å². The van der Waals surface area contributed by atoms with Gasteiger partial charge in [-0.3, -0.25) is 5.10 Å². The largest absolute Gasteiger partial charge is 0.262 e. The quantitative estimate of drug-likeness (QED) is 0.567. The molecule has 0 aliphatic carbocycles. The highest BCUT2D eigenvalue weighted by Gasteiger charge is 1.99. The highest BCUT2D eigenvalue weighted by atomic mass is 32.2. The fourth-order valence-corrected chi connectivity index (χ4v) is 1.30. The van der Waals surface area contributed by atoms with Gasteiger partial charge < -0.3 is 0 Å². The number of H-pyrrole nitrogens is 1. The molecule has 1 N–H and O–H groups in total. The van der Waals surface area contributed by atoms with E-state index in [0.717, 1.165) is 23.2 Å². The Morgan fingerprint density at radius 2 is 2.42 bits per heavy atom. The van der Waals surface area contributed by atoms with Crippen molar-refractivity contribution in [3.05, 3.63) is 5.82 Å². The average Bonchev–Trinajstić information content (AvgIpc) is 2.53. The summed E-state index contributed by atoms with van der Waals surface area (Å²) < 4.78 is 0. The number of thioether (sulfide) groups is 1. The molecule has 64 valence electrons. The highest BCUT2D eigenvalue weighted by Crippen LogP contribution is 2.10. The summed E-state index contributed by atoms with van der Waals surface area (Å²) in [5.74, 6) is 7.46. The van der Waals surface area contributed by atoms with E-state index in [1.807, 2.05) is 13.8 Å². The van der Waals surface area contributed by atoms with Gasteiger partial charge in [0.2, 0.25) is 5.16 Å². The molecule has 0 spiro atoms. The van der Waals surface area contributed by atoms with Gasteiger partial charge in [-0.05, 0) is 6.92 Å². The van der Waals surface area contributed by atoms with Crippen molar-refractivity contribution in [1.82, 2.24) is 15.2 Å². The summed E-state index contributed by atoms with van der Waals surface area (Å²) >= 11 is 1.55. The zero-order valence-corrected chi connectivity index (χ0v) is 8.03. The molecular weight excluding hydrogens is 170 g/mol. The fourth-order valence-electron chi connectivity index (χ4n) is 0.673. The Kier molecular flexibility index (Phi) is 3.68. The molecule has 0 aliphatic heterocycles. The van der Waals surface area contributed by atoms with Crippen LogP contribution in [-0.2, 0) is 6.42 Å². The van der Waals surface area contributed by atoms with Crippen molar-refractivity contribution in [2.24, 2.45) is 0 Å². The van der Waals surface area contributed by atoms with Crippen molar-refractivity contribution in [1.29, 1.82) is 0 Å². The number of nitrogens with zero attached hydrogens (tertiary/aromatic N) is 2. The molecule has 0 unspecified atom stereocenters. The van der Waals surface area contributed by atoms with Crippen LogP contribution in [0.25, 0.3) is 0 Å². The normalized spacial score (nSPS) is 9.17. The Labute approximate surface area is 76.4 Å². The van der Waals surface area contributed by atoms with Crippen molar-refractivity contribution < 1.29 is 0 Å². The molecule has 0 amide bonds. The van der Waals surface area contributed by atoms with Gasteiger partial charge in [-0.25, -0.2) is 4.98 Å². The summed E-state index contributed by atoms with van der Waals surface area (Å²) in [4.78, 5) is 4.23. The average molecular weight is 181 g/mol. The molecule has 1 aromatic rings. The predicted octanol–water partition coefficient (Wildman–Crippen LogP) is 1.48. The van der Waals surface area contributed by atoms with Crippen LogP contribution in [0.3, 0.4) is 0 Å². The first-order valence-electron chi connectivity index (χ1n) is 3.80. The number of aromatic nitrogens is 3. The first kappa shape index (κ1) is 9.14. The van der Waals surface area contributed by atoms with Crippen LogP contribution in [0.4, 0.5) is 0 Å². The summed E-state index contributed by atoms with van der Waals surface area (Å²) in [7, 11) is 0. The predicted molar refractivity (Wildman–Crippen MR) is 49.9 cm³/mol. The van der Waals surface area contributed by atoms with Crippen molar-refractivity contribution >= 4 is 11.8 Å². The molecule has 0 aliphatic rings. The second-order valence-electron chi connectivity index (χ2n) is 2.13. The van der Waals surface area contributed by atoms with Crippen LogP contribution in [0.5, 0.6) is 0 Å². The third kappa shape index (κ3) is 2.59. The first-order valence-corrected chi connectivity index (χ1v) is 4.79. The van der Waals surface area contributed by atoms with Crippen molar-refractivity contribution in [2.45, 2.75) is 25.4 Å². The molecule has 0 radical (unpaired) electrons. The molecular formula is C8H11N3S. The first-order chi connectivity index (χ1) is 5.86. The van der Waals surface area contributed by atoms with Gasteiger partial charge in [0.15, 0.2) is 0 Å². The summed E-state index contributed by atoms with van der Waals surface area (Å²) in [6, 6.07) is 0. The van der Waals surface area contributed by atoms with E-state index in [4.69, 9.17) is 0 Å². The summed E-state index contributed by atoms with van der Waals surface area (Å²) in [6.07, 6.45) is 0.896.